The number of aryl methyl sites for hydroxylation is 1. The van der Waals surface area contributed by atoms with E-state index in [0.29, 0.717) is 17.2 Å². The van der Waals surface area contributed by atoms with E-state index in [1.165, 1.54) is 28.2 Å². The molecule has 0 bridgehead atoms. The lowest BCUT2D eigenvalue weighted by Gasteiger charge is -2.09. The number of halogens is 1. The van der Waals surface area contributed by atoms with Gasteiger partial charge in [-0.15, -0.1) is 16.4 Å². The van der Waals surface area contributed by atoms with Gasteiger partial charge in [-0.2, -0.15) is 0 Å². The normalized spacial score (nSPS) is 10.7. The molecule has 0 saturated heterocycles. The van der Waals surface area contributed by atoms with Crippen molar-refractivity contribution >= 4 is 28.8 Å². The number of carbonyl (C=O) groups excluding carboxylic acids is 2. The van der Waals surface area contributed by atoms with Crippen molar-refractivity contribution < 1.29 is 14.0 Å². The standard InChI is InChI=1S/C23H20FN5O2S/c1-2-15-6-3-4-7-18(15)26-20(30)14-25-23(31)21-27-22(19-8-5-13-32-19)29(28-21)17-11-9-16(24)10-12-17/h3-13H,2,14H2,1H3,(H,25,31)(H,26,30). The van der Waals surface area contributed by atoms with Gasteiger partial charge in [0.05, 0.1) is 17.1 Å². The summed E-state index contributed by atoms with van der Waals surface area (Å²) in [4.78, 5) is 30.1. The molecule has 4 aromatic rings. The van der Waals surface area contributed by atoms with Gasteiger partial charge in [-0.1, -0.05) is 31.2 Å². The molecule has 4 rings (SSSR count). The number of para-hydroxylation sites is 1. The molecule has 0 aliphatic rings. The van der Waals surface area contributed by atoms with Crippen LogP contribution in [0.3, 0.4) is 0 Å². The average molecular weight is 450 g/mol. The van der Waals surface area contributed by atoms with E-state index in [4.69, 9.17) is 0 Å². The van der Waals surface area contributed by atoms with Gasteiger partial charge in [0, 0.05) is 5.69 Å². The van der Waals surface area contributed by atoms with Gasteiger partial charge in [-0.05, 0) is 53.8 Å². The van der Waals surface area contributed by atoms with E-state index < -0.39 is 5.91 Å². The first-order valence-corrected chi connectivity index (χ1v) is 10.9. The number of aromatic nitrogens is 3. The number of anilines is 1. The molecule has 2 amide bonds. The van der Waals surface area contributed by atoms with E-state index in [9.17, 15) is 14.0 Å². The topological polar surface area (TPSA) is 88.9 Å². The molecule has 0 aliphatic carbocycles. The second kappa shape index (κ2) is 9.52. The number of hydrogen-bond acceptors (Lipinski definition) is 5. The van der Waals surface area contributed by atoms with Gasteiger partial charge in [-0.25, -0.2) is 14.1 Å². The molecule has 0 unspecified atom stereocenters. The number of thiophene rings is 1. The predicted molar refractivity (Wildman–Crippen MR) is 121 cm³/mol. The van der Waals surface area contributed by atoms with Gasteiger partial charge >= 0.3 is 0 Å². The predicted octanol–water partition coefficient (Wildman–Crippen LogP) is 4.07. The number of carbonyl (C=O) groups is 2. The zero-order valence-corrected chi connectivity index (χ0v) is 18.0. The first-order valence-electron chi connectivity index (χ1n) is 9.98. The van der Waals surface area contributed by atoms with Crippen molar-refractivity contribution in [2.45, 2.75) is 13.3 Å². The second-order valence-corrected chi connectivity index (χ2v) is 7.81. The van der Waals surface area contributed by atoms with Crippen LogP contribution in [0.2, 0.25) is 0 Å². The van der Waals surface area contributed by atoms with E-state index in [0.717, 1.165) is 16.9 Å². The third-order valence-corrected chi connectivity index (χ3v) is 5.57. The molecule has 2 N–H and O–H groups in total. The molecule has 0 atom stereocenters. The maximum atomic E-state index is 13.3. The van der Waals surface area contributed by atoms with Crippen molar-refractivity contribution in [1.29, 1.82) is 0 Å². The minimum Gasteiger partial charge on any atom is -0.340 e. The molecule has 2 heterocycles. The lowest BCUT2D eigenvalue weighted by Crippen LogP contribution is -2.33. The number of rotatable bonds is 7. The van der Waals surface area contributed by atoms with E-state index in [1.807, 2.05) is 48.7 Å². The summed E-state index contributed by atoms with van der Waals surface area (Å²) in [5.41, 5.74) is 2.29. The molecule has 9 heteroatoms. The van der Waals surface area contributed by atoms with Crippen molar-refractivity contribution in [3.8, 4) is 16.4 Å². The number of amides is 2. The minimum atomic E-state index is -0.581. The SMILES string of the molecule is CCc1ccccc1NC(=O)CNC(=O)c1nc(-c2cccs2)n(-c2ccc(F)cc2)n1. The Balaban J connectivity index is 1.50. The maximum absolute atomic E-state index is 13.3. The smallest absolute Gasteiger partial charge is 0.291 e. The first kappa shape index (κ1) is 21.4. The van der Waals surface area contributed by atoms with Crippen LogP contribution < -0.4 is 10.6 Å². The Morgan fingerprint density at radius 1 is 1.06 bits per heavy atom. The first-order chi connectivity index (χ1) is 15.5. The van der Waals surface area contributed by atoms with Crippen molar-refractivity contribution in [2.75, 3.05) is 11.9 Å². The summed E-state index contributed by atoms with van der Waals surface area (Å²) in [7, 11) is 0. The third kappa shape index (κ3) is 4.73. The zero-order valence-electron chi connectivity index (χ0n) is 17.2. The quantitative estimate of drug-likeness (QED) is 0.445. The van der Waals surface area contributed by atoms with Crippen LogP contribution in [-0.2, 0) is 11.2 Å². The summed E-state index contributed by atoms with van der Waals surface area (Å²) < 4.78 is 14.8. The highest BCUT2D eigenvalue weighted by Gasteiger charge is 2.20. The van der Waals surface area contributed by atoms with Crippen LogP contribution in [0.15, 0.2) is 66.0 Å². The molecule has 2 aromatic heterocycles. The Kier molecular flexibility index (Phi) is 6.37. The summed E-state index contributed by atoms with van der Waals surface area (Å²) in [5, 5.41) is 11.5. The minimum absolute atomic E-state index is 0.0838. The van der Waals surface area contributed by atoms with Crippen LogP contribution in [-0.4, -0.2) is 33.1 Å². The fourth-order valence-corrected chi connectivity index (χ4v) is 3.82. The summed E-state index contributed by atoms with van der Waals surface area (Å²) in [5.74, 6) is -0.934. The Labute approximate surface area is 187 Å². The largest absolute Gasteiger partial charge is 0.340 e. The lowest BCUT2D eigenvalue weighted by atomic mass is 10.1. The highest BCUT2D eigenvalue weighted by molar-refractivity contribution is 7.13. The van der Waals surface area contributed by atoms with Crippen molar-refractivity contribution in [2.24, 2.45) is 0 Å². The van der Waals surface area contributed by atoms with Crippen LogP contribution in [0.4, 0.5) is 10.1 Å². The lowest BCUT2D eigenvalue weighted by molar-refractivity contribution is -0.115. The Bertz CT molecular complexity index is 1240. The van der Waals surface area contributed by atoms with Gasteiger partial charge in [-0.3, -0.25) is 9.59 Å². The molecule has 7 nitrogen and oxygen atoms in total. The van der Waals surface area contributed by atoms with E-state index in [-0.39, 0.29) is 24.1 Å². The van der Waals surface area contributed by atoms with E-state index >= 15 is 0 Å². The molecule has 2 aromatic carbocycles. The van der Waals surface area contributed by atoms with Gasteiger partial charge < -0.3 is 10.6 Å². The maximum Gasteiger partial charge on any atom is 0.291 e. The van der Waals surface area contributed by atoms with Crippen molar-refractivity contribution in [3.63, 3.8) is 0 Å². The van der Waals surface area contributed by atoms with Gasteiger partial charge in [0.2, 0.25) is 11.7 Å². The fraction of sp³-hybridized carbons (Fsp3) is 0.130. The molecule has 0 spiro atoms. The fourth-order valence-electron chi connectivity index (χ4n) is 3.12. The van der Waals surface area contributed by atoms with Gasteiger partial charge in [0.25, 0.3) is 5.91 Å². The molecule has 162 valence electrons. The Hall–Kier alpha value is -3.85. The molecule has 0 radical (unpaired) electrons. The Morgan fingerprint density at radius 3 is 2.56 bits per heavy atom. The van der Waals surface area contributed by atoms with Crippen molar-refractivity contribution in [3.05, 3.63) is 83.2 Å². The van der Waals surface area contributed by atoms with E-state index in [1.54, 1.807) is 12.1 Å². The Morgan fingerprint density at radius 2 is 1.84 bits per heavy atom. The van der Waals surface area contributed by atoms with Crippen LogP contribution in [0.1, 0.15) is 23.1 Å². The summed E-state index contributed by atoms with van der Waals surface area (Å²) >= 11 is 1.44. The molecular weight excluding hydrogens is 429 g/mol. The molecule has 0 aliphatic heterocycles. The number of nitrogens with zero attached hydrogens (tertiary/aromatic N) is 3. The van der Waals surface area contributed by atoms with Crippen molar-refractivity contribution in [1.82, 2.24) is 20.1 Å². The van der Waals surface area contributed by atoms with Crippen LogP contribution in [0.5, 0.6) is 0 Å². The number of hydrogen-bond donors (Lipinski definition) is 2. The zero-order chi connectivity index (χ0) is 22.5. The summed E-state index contributed by atoms with van der Waals surface area (Å²) in [6, 6.07) is 17.0. The van der Waals surface area contributed by atoms with Crippen LogP contribution in [0, 0.1) is 5.82 Å². The second-order valence-electron chi connectivity index (χ2n) is 6.87. The average Bonchev–Trinajstić information content (AvgIpc) is 3.48. The molecular formula is C23H20FN5O2S. The summed E-state index contributed by atoms with van der Waals surface area (Å²) in [6.45, 7) is 1.78. The van der Waals surface area contributed by atoms with Gasteiger partial charge in [0.15, 0.2) is 5.82 Å². The molecule has 0 fully saturated rings. The molecule has 0 saturated carbocycles. The van der Waals surface area contributed by atoms with E-state index in [2.05, 4.69) is 20.7 Å². The third-order valence-electron chi connectivity index (χ3n) is 4.70. The van der Waals surface area contributed by atoms with Crippen LogP contribution >= 0.6 is 11.3 Å². The number of benzene rings is 2. The summed E-state index contributed by atoms with van der Waals surface area (Å²) in [6.07, 6.45) is 0.777. The molecule has 32 heavy (non-hydrogen) atoms. The van der Waals surface area contributed by atoms with Gasteiger partial charge in [0.1, 0.15) is 5.82 Å². The number of nitrogens with one attached hydrogen (secondary N) is 2. The monoisotopic (exact) mass is 449 g/mol. The highest BCUT2D eigenvalue weighted by Crippen LogP contribution is 2.25. The highest BCUT2D eigenvalue weighted by atomic mass is 32.1. The van der Waals surface area contributed by atoms with Crippen LogP contribution in [0.25, 0.3) is 16.4 Å².